The minimum absolute atomic E-state index is 0.0207. The number of phenols is 1. The first-order chi connectivity index (χ1) is 15.3. The molecule has 0 aromatic heterocycles. The zero-order valence-electron chi connectivity index (χ0n) is 17.6. The highest BCUT2D eigenvalue weighted by Gasteiger charge is 2.21. The van der Waals surface area contributed by atoms with Gasteiger partial charge in [0.25, 0.3) is 15.9 Å². The molecule has 8 nitrogen and oxygen atoms in total. The molecule has 0 heterocycles. The standard InChI is InChI=1S/C23H23N3O5S/c1-3-31-22-15-17(9-14-21(22)27)16-24-25-23(28)18-10-12-19(13-11-18)26(2)32(29,30)20-7-5-4-6-8-20/h4-16,27H,3H2,1-2H3,(H,25,28)/b24-16+. The summed E-state index contributed by atoms with van der Waals surface area (Å²) in [5.41, 5.74) is 3.78. The summed E-state index contributed by atoms with van der Waals surface area (Å²) in [7, 11) is -2.25. The highest BCUT2D eigenvalue weighted by atomic mass is 32.2. The van der Waals surface area contributed by atoms with Crippen LogP contribution < -0.4 is 14.5 Å². The lowest BCUT2D eigenvalue weighted by molar-refractivity contribution is 0.0955. The second-order valence-electron chi connectivity index (χ2n) is 6.69. The lowest BCUT2D eigenvalue weighted by Gasteiger charge is -2.19. The van der Waals surface area contributed by atoms with Crippen molar-refractivity contribution in [1.29, 1.82) is 0 Å². The monoisotopic (exact) mass is 453 g/mol. The molecule has 0 fully saturated rings. The summed E-state index contributed by atoms with van der Waals surface area (Å²) < 4.78 is 31.9. The van der Waals surface area contributed by atoms with Crippen LogP contribution in [0.4, 0.5) is 5.69 Å². The molecule has 2 N–H and O–H groups in total. The number of nitrogens with one attached hydrogen (secondary N) is 1. The van der Waals surface area contributed by atoms with Crippen LogP contribution in [0.1, 0.15) is 22.8 Å². The molecule has 0 spiro atoms. The number of ether oxygens (including phenoxy) is 1. The van der Waals surface area contributed by atoms with Gasteiger partial charge in [0.15, 0.2) is 11.5 Å². The number of sulfonamides is 1. The van der Waals surface area contributed by atoms with Gasteiger partial charge < -0.3 is 9.84 Å². The molecule has 3 rings (SSSR count). The zero-order chi connectivity index (χ0) is 23.1. The summed E-state index contributed by atoms with van der Waals surface area (Å²) in [5.74, 6) is -0.106. The SMILES string of the molecule is CCOc1cc(/C=N/NC(=O)c2ccc(N(C)S(=O)(=O)c3ccccc3)cc2)ccc1O. The molecule has 0 aliphatic carbocycles. The molecule has 0 atom stereocenters. The lowest BCUT2D eigenvalue weighted by atomic mass is 10.2. The van der Waals surface area contributed by atoms with Gasteiger partial charge in [-0.1, -0.05) is 18.2 Å². The average molecular weight is 454 g/mol. The van der Waals surface area contributed by atoms with Crippen LogP contribution in [0.25, 0.3) is 0 Å². The number of nitrogens with zero attached hydrogens (tertiary/aromatic N) is 2. The summed E-state index contributed by atoms with van der Waals surface area (Å²) in [6.07, 6.45) is 1.43. The van der Waals surface area contributed by atoms with E-state index in [2.05, 4.69) is 10.5 Å². The van der Waals surface area contributed by atoms with Crippen molar-refractivity contribution in [3.8, 4) is 11.5 Å². The van der Waals surface area contributed by atoms with Crippen molar-refractivity contribution < 1.29 is 23.1 Å². The maximum Gasteiger partial charge on any atom is 0.271 e. The van der Waals surface area contributed by atoms with Crippen LogP contribution in [0.15, 0.2) is 82.8 Å². The van der Waals surface area contributed by atoms with E-state index in [0.29, 0.717) is 29.2 Å². The van der Waals surface area contributed by atoms with Crippen LogP contribution in [0, 0.1) is 0 Å². The largest absolute Gasteiger partial charge is 0.504 e. The Labute approximate surface area is 186 Å². The minimum Gasteiger partial charge on any atom is -0.504 e. The van der Waals surface area contributed by atoms with Gasteiger partial charge in [0, 0.05) is 12.6 Å². The van der Waals surface area contributed by atoms with Crippen LogP contribution in [0.3, 0.4) is 0 Å². The van der Waals surface area contributed by atoms with E-state index in [1.807, 2.05) is 0 Å². The summed E-state index contributed by atoms with van der Waals surface area (Å²) in [4.78, 5) is 12.5. The van der Waals surface area contributed by atoms with E-state index < -0.39 is 15.9 Å². The van der Waals surface area contributed by atoms with Crippen molar-refractivity contribution in [1.82, 2.24) is 5.43 Å². The number of hydrogen-bond donors (Lipinski definition) is 2. The highest BCUT2D eigenvalue weighted by Crippen LogP contribution is 2.26. The van der Waals surface area contributed by atoms with Crippen LogP contribution >= 0.6 is 0 Å². The van der Waals surface area contributed by atoms with Crippen molar-refractivity contribution >= 4 is 27.8 Å². The first kappa shape index (κ1) is 22.8. The van der Waals surface area contributed by atoms with E-state index in [4.69, 9.17) is 4.74 Å². The fourth-order valence-electron chi connectivity index (χ4n) is 2.82. The molecule has 0 saturated carbocycles. The van der Waals surface area contributed by atoms with E-state index >= 15 is 0 Å². The van der Waals surface area contributed by atoms with Gasteiger partial charge in [-0.25, -0.2) is 13.8 Å². The summed E-state index contributed by atoms with van der Waals surface area (Å²) in [6, 6.07) is 19.0. The summed E-state index contributed by atoms with van der Waals surface area (Å²) >= 11 is 0. The quantitative estimate of drug-likeness (QED) is 0.402. The Morgan fingerprint density at radius 3 is 2.44 bits per heavy atom. The smallest absolute Gasteiger partial charge is 0.271 e. The van der Waals surface area contributed by atoms with Crippen LogP contribution in [0.5, 0.6) is 11.5 Å². The van der Waals surface area contributed by atoms with Gasteiger partial charge in [0.2, 0.25) is 0 Å². The van der Waals surface area contributed by atoms with Crippen molar-refractivity contribution in [3.05, 3.63) is 83.9 Å². The van der Waals surface area contributed by atoms with E-state index in [0.717, 1.165) is 4.31 Å². The third-order valence-corrected chi connectivity index (χ3v) is 6.36. The predicted molar refractivity (Wildman–Crippen MR) is 123 cm³/mol. The first-order valence-corrected chi connectivity index (χ1v) is 11.2. The van der Waals surface area contributed by atoms with Gasteiger partial charge in [-0.3, -0.25) is 9.10 Å². The number of carbonyl (C=O) groups is 1. The molecule has 32 heavy (non-hydrogen) atoms. The van der Waals surface area contributed by atoms with Gasteiger partial charge in [-0.2, -0.15) is 5.10 Å². The predicted octanol–water partition coefficient (Wildman–Crippen LogP) is 3.38. The molecule has 0 aliphatic heterocycles. The molecular weight excluding hydrogens is 430 g/mol. The van der Waals surface area contributed by atoms with Gasteiger partial charge in [-0.05, 0) is 67.1 Å². The number of carbonyl (C=O) groups excluding carboxylic acids is 1. The Balaban J connectivity index is 1.66. The number of phenolic OH excluding ortho intramolecular Hbond substituents is 1. The first-order valence-electron chi connectivity index (χ1n) is 9.76. The van der Waals surface area contributed by atoms with Crippen molar-refractivity contribution in [2.24, 2.45) is 5.10 Å². The highest BCUT2D eigenvalue weighted by molar-refractivity contribution is 7.92. The number of rotatable bonds is 8. The van der Waals surface area contributed by atoms with E-state index in [-0.39, 0.29) is 10.6 Å². The second kappa shape index (κ2) is 9.97. The van der Waals surface area contributed by atoms with E-state index in [9.17, 15) is 18.3 Å². The molecule has 0 bridgehead atoms. The number of benzene rings is 3. The Hall–Kier alpha value is -3.85. The molecular formula is C23H23N3O5S. The summed E-state index contributed by atoms with van der Waals surface area (Å²) in [5, 5.41) is 13.6. The van der Waals surface area contributed by atoms with Crippen molar-refractivity contribution in [2.75, 3.05) is 18.0 Å². The van der Waals surface area contributed by atoms with Gasteiger partial charge in [0.05, 0.1) is 23.4 Å². The second-order valence-corrected chi connectivity index (χ2v) is 8.66. The molecule has 1 amide bonds. The number of anilines is 1. The lowest BCUT2D eigenvalue weighted by Crippen LogP contribution is -2.26. The molecule has 0 unspecified atom stereocenters. The molecule has 0 radical (unpaired) electrons. The van der Waals surface area contributed by atoms with E-state index in [1.54, 1.807) is 49.4 Å². The fourth-order valence-corrected chi connectivity index (χ4v) is 4.04. The van der Waals surface area contributed by atoms with Crippen molar-refractivity contribution in [3.63, 3.8) is 0 Å². The van der Waals surface area contributed by atoms with Gasteiger partial charge in [0.1, 0.15) is 0 Å². The minimum atomic E-state index is -3.70. The zero-order valence-corrected chi connectivity index (χ0v) is 18.4. The molecule has 3 aromatic carbocycles. The Bertz CT molecular complexity index is 1210. The molecule has 9 heteroatoms. The molecule has 3 aromatic rings. The topological polar surface area (TPSA) is 108 Å². The van der Waals surface area contributed by atoms with Gasteiger partial charge >= 0.3 is 0 Å². The normalized spacial score (nSPS) is 11.3. The molecule has 166 valence electrons. The average Bonchev–Trinajstić information content (AvgIpc) is 2.81. The maximum atomic E-state index is 12.7. The van der Waals surface area contributed by atoms with E-state index in [1.165, 1.54) is 43.6 Å². The Kier molecular flexibility index (Phi) is 7.11. The van der Waals surface area contributed by atoms with Crippen LogP contribution in [-0.4, -0.2) is 39.3 Å². The third kappa shape index (κ3) is 5.25. The van der Waals surface area contributed by atoms with Crippen molar-refractivity contribution in [2.45, 2.75) is 11.8 Å². The molecule has 0 aliphatic rings. The number of aromatic hydroxyl groups is 1. The van der Waals surface area contributed by atoms with Crippen LogP contribution in [0.2, 0.25) is 0 Å². The number of amides is 1. The Morgan fingerprint density at radius 2 is 1.78 bits per heavy atom. The third-order valence-electron chi connectivity index (χ3n) is 4.56. The maximum absolute atomic E-state index is 12.7. The number of hydrogen-bond acceptors (Lipinski definition) is 6. The number of hydrazone groups is 1. The molecule has 0 saturated heterocycles. The Morgan fingerprint density at radius 1 is 1.09 bits per heavy atom. The van der Waals surface area contributed by atoms with Gasteiger partial charge in [-0.15, -0.1) is 0 Å². The fraction of sp³-hybridized carbons (Fsp3) is 0.130. The van der Waals surface area contributed by atoms with Crippen LogP contribution in [-0.2, 0) is 10.0 Å². The summed E-state index contributed by atoms with van der Waals surface area (Å²) in [6.45, 7) is 2.21.